The highest BCUT2D eigenvalue weighted by molar-refractivity contribution is 5.67. The lowest BCUT2D eigenvalue weighted by atomic mass is 9.98. The van der Waals surface area contributed by atoms with Gasteiger partial charge < -0.3 is 25.2 Å². The Labute approximate surface area is 215 Å². The molecule has 0 spiro atoms. The number of anilines is 3. The van der Waals surface area contributed by atoms with Crippen LogP contribution in [-0.2, 0) is 4.74 Å². The topological polar surface area (TPSA) is 100 Å². The van der Waals surface area contributed by atoms with Gasteiger partial charge in [0.05, 0.1) is 29.6 Å². The van der Waals surface area contributed by atoms with Gasteiger partial charge in [0.2, 0.25) is 5.95 Å². The third-order valence-corrected chi connectivity index (χ3v) is 7.87. The normalized spacial score (nSPS) is 24.3. The smallest absolute Gasteiger partial charge is 0.409 e. The first-order valence-electron chi connectivity index (χ1n) is 13.2. The van der Waals surface area contributed by atoms with Gasteiger partial charge in [-0.15, -0.1) is 0 Å². The number of aromatic nitrogens is 4. The number of carbonyl (C=O) groups excluding carboxylic acids is 1. The molecule has 5 rings (SSSR count). The van der Waals surface area contributed by atoms with Crippen LogP contribution in [0.1, 0.15) is 68.7 Å². The maximum atomic E-state index is 13.6. The summed E-state index contributed by atoms with van der Waals surface area (Å²) >= 11 is 0. The van der Waals surface area contributed by atoms with E-state index in [1.165, 1.54) is 12.8 Å². The van der Waals surface area contributed by atoms with Crippen LogP contribution in [0.3, 0.4) is 0 Å². The summed E-state index contributed by atoms with van der Waals surface area (Å²) in [5.41, 5.74) is 1.32. The molecule has 3 aliphatic rings. The molecule has 2 unspecified atom stereocenters. The van der Waals surface area contributed by atoms with Gasteiger partial charge in [-0.1, -0.05) is 0 Å². The van der Waals surface area contributed by atoms with E-state index >= 15 is 0 Å². The van der Waals surface area contributed by atoms with Gasteiger partial charge in [-0.2, -0.15) is 10.1 Å². The maximum Gasteiger partial charge on any atom is 0.409 e. The Morgan fingerprint density at radius 2 is 1.97 bits per heavy atom. The maximum absolute atomic E-state index is 13.6. The number of cyclic esters (lactones) is 1. The van der Waals surface area contributed by atoms with Gasteiger partial charge in [-0.3, -0.25) is 4.68 Å². The van der Waals surface area contributed by atoms with Crippen molar-refractivity contribution in [2.45, 2.75) is 76.4 Å². The molecule has 0 aromatic carbocycles. The Morgan fingerprint density at radius 3 is 2.73 bits per heavy atom. The van der Waals surface area contributed by atoms with Crippen LogP contribution in [0.15, 0.2) is 12.4 Å². The number of amides is 1. The SMILES string of the molecule is Cc1nn(C2CC3CCC(C2)N3C)cc1Nc1ncc(C(F)F)c(NCCCN2CCCCOC2=O)n1. The zero-order valence-corrected chi connectivity index (χ0v) is 21.5. The summed E-state index contributed by atoms with van der Waals surface area (Å²) < 4.78 is 34.4. The van der Waals surface area contributed by atoms with Crippen molar-refractivity contribution >= 4 is 23.5 Å². The Balaban J connectivity index is 1.22. The number of aryl methyl sites for hydroxylation is 1. The van der Waals surface area contributed by atoms with E-state index in [9.17, 15) is 13.6 Å². The van der Waals surface area contributed by atoms with Crippen molar-refractivity contribution in [1.29, 1.82) is 0 Å². The van der Waals surface area contributed by atoms with Crippen molar-refractivity contribution in [3.63, 3.8) is 0 Å². The lowest BCUT2D eigenvalue weighted by Crippen LogP contribution is -2.40. The lowest BCUT2D eigenvalue weighted by molar-refractivity contribution is 0.116. The van der Waals surface area contributed by atoms with Gasteiger partial charge in [0.1, 0.15) is 5.82 Å². The van der Waals surface area contributed by atoms with E-state index in [1.54, 1.807) is 4.90 Å². The van der Waals surface area contributed by atoms with Crippen molar-refractivity contribution in [1.82, 2.24) is 29.5 Å². The minimum absolute atomic E-state index is 0.0860. The second-order valence-electron chi connectivity index (χ2n) is 10.3. The third kappa shape index (κ3) is 5.78. The summed E-state index contributed by atoms with van der Waals surface area (Å²) in [5.74, 6) is 0.317. The number of piperidine rings is 1. The highest BCUT2D eigenvalue weighted by atomic mass is 19.3. The minimum atomic E-state index is -2.71. The molecular formula is C25H36F2N8O2. The number of hydrogen-bond acceptors (Lipinski definition) is 8. The predicted molar refractivity (Wildman–Crippen MR) is 135 cm³/mol. The average molecular weight is 519 g/mol. The first-order chi connectivity index (χ1) is 17.9. The molecule has 2 aromatic rings. The number of nitrogens with one attached hydrogen (secondary N) is 2. The Bertz CT molecular complexity index is 1080. The largest absolute Gasteiger partial charge is 0.449 e. The molecule has 202 valence electrons. The predicted octanol–water partition coefficient (Wildman–Crippen LogP) is 4.49. The molecule has 3 aliphatic heterocycles. The van der Waals surface area contributed by atoms with Crippen LogP contribution in [0.4, 0.5) is 31.0 Å². The Morgan fingerprint density at radius 1 is 1.19 bits per heavy atom. The number of halogens is 2. The second-order valence-corrected chi connectivity index (χ2v) is 10.3. The van der Waals surface area contributed by atoms with Gasteiger partial charge in [0, 0.05) is 44.1 Å². The van der Waals surface area contributed by atoms with Crippen LogP contribution in [0.5, 0.6) is 0 Å². The van der Waals surface area contributed by atoms with E-state index in [2.05, 4.69) is 32.5 Å². The van der Waals surface area contributed by atoms with E-state index < -0.39 is 6.43 Å². The first kappa shape index (κ1) is 25.6. The number of rotatable bonds is 9. The molecule has 2 aromatic heterocycles. The second kappa shape index (κ2) is 11.2. The quantitative estimate of drug-likeness (QED) is 0.468. The van der Waals surface area contributed by atoms with Crippen molar-refractivity contribution in [2.75, 3.05) is 43.9 Å². The van der Waals surface area contributed by atoms with Crippen molar-refractivity contribution in [3.8, 4) is 0 Å². The molecule has 3 saturated heterocycles. The fourth-order valence-corrected chi connectivity index (χ4v) is 5.69. The molecule has 0 radical (unpaired) electrons. The molecular weight excluding hydrogens is 482 g/mol. The number of fused-ring (bicyclic) bond motifs is 2. The molecule has 37 heavy (non-hydrogen) atoms. The van der Waals surface area contributed by atoms with Gasteiger partial charge in [-0.25, -0.2) is 18.6 Å². The highest BCUT2D eigenvalue weighted by Gasteiger charge is 2.39. The molecule has 2 N–H and O–H groups in total. The van der Waals surface area contributed by atoms with Crippen molar-refractivity contribution in [2.24, 2.45) is 0 Å². The average Bonchev–Trinajstić information content (AvgIpc) is 3.21. The van der Waals surface area contributed by atoms with Crippen LogP contribution in [0.2, 0.25) is 0 Å². The molecule has 0 saturated carbocycles. The molecule has 2 bridgehead atoms. The molecule has 5 heterocycles. The zero-order valence-electron chi connectivity index (χ0n) is 21.5. The summed E-state index contributed by atoms with van der Waals surface area (Å²) in [6.45, 7) is 3.88. The first-order valence-corrected chi connectivity index (χ1v) is 13.2. The Kier molecular flexibility index (Phi) is 7.73. The van der Waals surface area contributed by atoms with Crippen LogP contribution >= 0.6 is 0 Å². The number of nitrogens with zero attached hydrogens (tertiary/aromatic N) is 6. The Hall–Kier alpha value is -3.02. The van der Waals surface area contributed by atoms with Crippen LogP contribution in [0, 0.1) is 6.92 Å². The van der Waals surface area contributed by atoms with Gasteiger partial charge in [0.25, 0.3) is 6.43 Å². The third-order valence-electron chi connectivity index (χ3n) is 7.87. The van der Waals surface area contributed by atoms with Crippen LogP contribution in [0.25, 0.3) is 0 Å². The summed E-state index contributed by atoms with van der Waals surface area (Å²) in [7, 11) is 2.22. The summed E-state index contributed by atoms with van der Waals surface area (Å²) in [5, 5.41) is 10.9. The number of carbonyl (C=O) groups is 1. The standard InChI is InChI=1S/C25H36F2N8O2/c1-16-21(15-35(32-16)19-12-17-6-7-18(13-19)33(17)2)30-24-29-14-20(22(26)27)23(31-24)28-8-5-10-34-9-3-4-11-37-25(34)36/h14-15,17-19,22H,3-13H2,1-2H3,(H2,28,29,30,31). The van der Waals surface area contributed by atoms with Crippen LogP contribution in [-0.4, -0.2) is 81.0 Å². The number of ether oxygens (including phenoxy) is 1. The molecule has 3 fully saturated rings. The van der Waals surface area contributed by atoms with E-state index in [1.807, 2.05) is 17.8 Å². The highest BCUT2D eigenvalue weighted by Crippen LogP contribution is 2.40. The molecule has 0 aliphatic carbocycles. The molecule has 10 nitrogen and oxygen atoms in total. The van der Waals surface area contributed by atoms with Gasteiger partial charge in [0.15, 0.2) is 0 Å². The monoisotopic (exact) mass is 518 g/mol. The van der Waals surface area contributed by atoms with Gasteiger partial charge in [-0.05, 0) is 58.9 Å². The number of alkyl halides is 2. The summed E-state index contributed by atoms with van der Waals surface area (Å²) in [4.78, 5) is 24.6. The molecule has 12 heteroatoms. The summed E-state index contributed by atoms with van der Waals surface area (Å²) in [6, 6.07) is 1.56. The fourth-order valence-electron chi connectivity index (χ4n) is 5.69. The van der Waals surface area contributed by atoms with E-state index in [-0.39, 0.29) is 23.4 Å². The summed E-state index contributed by atoms with van der Waals surface area (Å²) in [6.07, 6.45) is 7.07. The number of hydrogen-bond donors (Lipinski definition) is 2. The van der Waals surface area contributed by atoms with E-state index in [0.29, 0.717) is 50.8 Å². The van der Waals surface area contributed by atoms with Crippen molar-refractivity contribution < 1.29 is 18.3 Å². The van der Waals surface area contributed by atoms with Crippen LogP contribution < -0.4 is 10.6 Å². The fraction of sp³-hybridized carbons (Fsp3) is 0.680. The zero-order chi connectivity index (χ0) is 25.9. The lowest BCUT2D eigenvalue weighted by Gasteiger charge is -2.36. The minimum Gasteiger partial charge on any atom is -0.449 e. The molecule has 1 amide bonds. The van der Waals surface area contributed by atoms with E-state index in [4.69, 9.17) is 9.84 Å². The molecule has 2 atom stereocenters. The van der Waals surface area contributed by atoms with Crippen molar-refractivity contribution in [3.05, 3.63) is 23.7 Å². The van der Waals surface area contributed by atoms with E-state index in [0.717, 1.165) is 43.3 Å². The van der Waals surface area contributed by atoms with Gasteiger partial charge >= 0.3 is 6.09 Å².